The summed E-state index contributed by atoms with van der Waals surface area (Å²) in [5.41, 5.74) is 5.29. The Morgan fingerprint density at radius 3 is 0.238 bits per heavy atom. The number of benzene rings is 16. The summed E-state index contributed by atoms with van der Waals surface area (Å²) in [6.07, 6.45) is 5.89. The van der Waals surface area contributed by atoms with Gasteiger partial charge in [-0.3, -0.25) is 17.6 Å². The van der Waals surface area contributed by atoms with Crippen molar-refractivity contribution in [2.75, 3.05) is 54.2 Å². The highest BCUT2D eigenvalue weighted by molar-refractivity contribution is 7.86. The minimum atomic E-state index is -2.78. The predicted octanol–water partition coefficient (Wildman–Crippen LogP) is 28.3. The van der Waals surface area contributed by atoms with E-state index in [4.69, 9.17) is 0 Å². The van der Waals surface area contributed by atoms with Gasteiger partial charge in [0.1, 0.15) is 0 Å². The highest BCUT2D eigenvalue weighted by Crippen LogP contribution is 2.45. The number of hydrogen-bond acceptors (Lipinski definition) is 4. The first-order valence-electron chi connectivity index (χ1n) is 39.0. The molecule has 0 aliphatic carbocycles. The normalized spacial score (nSPS) is 9.43. The van der Waals surface area contributed by atoms with Gasteiger partial charge < -0.3 is 18.3 Å². The quantitative estimate of drug-likeness (QED) is 0.0694. The lowest BCUT2D eigenvalue weighted by molar-refractivity contribution is 0.591. The zero-order chi connectivity index (χ0) is 91.8. The van der Waals surface area contributed by atoms with Gasteiger partial charge in [0.25, 0.3) is 0 Å². The van der Waals surface area contributed by atoms with Crippen LogP contribution in [0.1, 0.15) is 37.1 Å². The van der Waals surface area contributed by atoms with Gasteiger partial charge in [0, 0.05) is 89.2 Å². The number of alkyl halides is 8. The van der Waals surface area contributed by atoms with E-state index in [0.717, 1.165) is 63.7 Å². The molecular weight excluding hydrogens is 1730 g/mol. The Kier molecular flexibility index (Phi) is 68.5. The molecule has 0 aliphatic rings. The van der Waals surface area contributed by atoms with Crippen LogP contribution >= 0.6 is 75.0 Å². The van der Waals surface area contributed by atoms with Crippen LogP contribution in [0.2, 0.25) is 0 Å². The highest BCUT2D eigenvalue weighted by Gasteiger charge is 2.32. The van der Waals surface area contributed by atoms with Crippen LogP contribution in [0.3, 0.4) is 0 Å². The Bertz CT molecular complexity index is 4240. The third kappa shape index (κ3) is 39.9. The second-order valence-electron chi connectivity index (χ2n) is 25.1. The number of hydrogen-bond donors (Lipinski definition) is 0. The van der Waals surface area contributed by atoms with Crippen LogP contribution in [-0.4, -0.2) is 54.2 Å². The molecule has 0 unspecified atom stereocenters. The summed E-state index contributed by atoms with van der Waals surface area (Å²) >= 11 is 18.6. The standard InChI is InChI=1S/4C18H15OP.4C7H8.4CH3Cl.4CH3F.2CH4/c4*19-20(16-10-4-1-5-11-16,17-12-6-2-7-13-17)18-14-8-3-9-15-18;4*1-7-5-3-2-4-6-7;8*1-2;;/h4*1-15H;4*2-6H,1H3;8*1H3;2*1H4. The van der Waals surface area contributed by atoms with Gasteiger partial charge in [0.05, 0.1) is 28.7 Å². The first-order valence-corrected chi connectivity index (χ1v) is 48.9. The van der Waals surface area contributed by atoms with E-state index in [-0.39, 0.29) is 14.9 Å². The molecule has 0 saturated carbocycles. The SMILES string of the molecule is C.C.CCl.CCl.CCl.CCl.CF.CF.CF.CF.Cc1ccccc1.Cc1ccccc1.Cc1ccccc1.Cc1ccccc1.O=P(c1ccccc1)(c1ccccc1)c1ccccc1.O=P(c1ccccc1)(c1ccccc1)c1ccccc1.O=P(c1ccccc1)(c1ccccc1)c1ccccc1.O=P(c1ccccc1)(c1ccccc1)c1ccccc1. The summed E-state index contributed by atoms with van der Waals surface area (Å²) in [4.78, 5) is 0. The first kappa shape index (κ1) is 117. The second kappa shape index (κ2) is 73.5. The van der Waals surface area contributed by atoms with E-state index in [1.54, 1.807) is 0 Å². The molecule has 0 spiro atoms. The lowest BCUT2D eigenvalue weighted by Gasteiger charge is -2.19. The Morgan fingerprint density at radius 2 is 0.190 bits per heavy atom. The van der Waals surface area contributed by atoms with Crippen molar-refractivity contribution in [3.05, 3.63) is 508 Å². The fourth-order valence-corrected chi connectivity index (χ4v) is 22.3. The highest BCUT2D eigenvalue weighted by atomic mass is 35.5. The topological polar surface area (TPSA) is 68.3 Å². The first-order chi connectivity index (χ1) is 60.8. The zero-order valence-corrected chi connectivity index (χ0v) is 79.2. The molecule has 0 bridgehead atoms. The maximum absolute atomic E-state index is 13.8. The van der Waals surface area contributed by atoms with Gasteiger partial charge in [-0.25, -0.2) is 0 Å². The molecule has 0 aromatic heterocycles. The zero-order valence-electron chi connectivity index (χ0n) is 72.6. The second-order valence-corrected chi connectivity index (χ2v) is 36.2. The molecule has 16 rings (SSSR count). The van der Waals surface area contributed by atoms with Gasteiger partial charge in [0.15, 0.2) is 28.6 Å². The number of aryl methyl sites for hydroxylation is 4. The summed E-state index contributed by atoms with van der Waals surface area (Å²) < 4.78 is 93.3. The van der Waals surface area contributed by atoms with E-state index in [1.807, 2.05) is 437 Å². The average molecular weight is 1850 g/mol. The largest absolute Gasteiger partial charge is 0.309 e. The molecule has 0 amide bonds. The van der Waals surface area contributed by atoms with Crippen molar-refractivity contribution < 1.29 is 35.8 Å². The van der Waals surface area contributed by atoms with Gasteiger partial charge >= 0.3 is 0 Å². The van der Waals surface area contributed by atoms with Gasteiger partial charge in [-0.15, -0.1) is 46.4 Å². The Morgan fingerprint density at radius 1 is 0.135 bits per heavy atom. The molecule has 126 heavy (non-hydrogen) atoms. The minimum absolute atomic E-state index is 0. The molecule has 664 valence electrons. The lowest BCUT2D eigenvalue weighted by Crippen LogP contribution is -2.24. The molecule has 0 saturated heterocycles. The van der Waals surface area contributed by atoms with Gasteiger partial charge in [-0.1, -0.05) is 522 Å². The van der Waals surface area contributed by atoms with E-state index in [2.05, 4.69) is 123 Å². The Balaban J connectivity index is 0. The van der Waals surface area contributed by atoms with Crippen molar-refractivity contribution in [2.45, 2.75) is 42.5 Å². The lowest BCUT2D eigenvalue weighted by atomic mass is 10.2. The maximum Gasteiger partial charge on any atom is 0.171 e. The van der Waals surface area contributed by atoms with Crippen molar-refractivity contribution in [2.24, 2.45) is 0 Å². The summed E-state index contributed by atoms with van der Waals surface area (Å²) in [5.74, 6) is 0. The molecule has 16 aromatic rings. The van der Waals surface area contributed by atoms with Crippen molar-refractivity contribution >= 4 is 139 Å². The van der Waals surface area contributed by atoms with E-state index < -0.39 is 28.6 Å². The van der Waals surface area contributed by atoms with Gasteiger partial charge in [-0.2, -0.15) is 0 Å². The molecule has 0 heterocycles. The fraction of sp³-hybridized carbons (Fsp3) is 0.127. The van der Waals surface area contributed by atoms with Gasteiger partial charge in [0.2, 0.25) is 0 Å². The van der Waals surface area contributed by atoms with E-state index in [1.165, 1.54) is 47.8 Å². The third-order valence-electron chi connectivity index (χ3n) is 17.2. The van der Waals surface area contributed by atoms with Crippen molar-refractivity contribution in [3.63, 3.8) is 0 Å². The minimum Gasteiger partial charge on any atom is -0.309 e. The van der Waals surface area contributed by atoms with Crippen LogP contribution in [0.5, 0.6) is 0 Å². The van der Waals surface area contributed by atoms with E-state index in [0.29, 0.717) is 28.7 Å². The van der Waals surface area contributed by atoms with Crippen LogP contribution in [0.25, 0.3) is 0 Å². The molecule has 0 fully saturated rings. The third-order valence-corrected chi connectivity index (χ3v) is 29.5. The maximum atomic E-state index is 13.8. The van der Waals surface area contributed by atoms with Crippen molar-refractivity contribution in [3.8, 4) is 0 Å². The van der Waals surface area contributed by atoms with E-state index >= 15 is 0 Å². The van der Waals surface area contributed by atoms with Crippen molar-refractivity contribution in [1.29, 1.82) is 0 Å². The molecule has 0 N–H and O–H groups in total. The van der Waals surface area contributed by atoms with Crippen LogP contribution in [-0.2, 0) is 18.3 Å². The predicted molar refractivity (Wildman–Crippen MR) is 557 cm³/mol. The molecule has 16 heteroatoms. The van der Waals surface area contributed by atoms with Crippen molar-refractivity contribution in [1.82, 2.24) is 0 Å². The molecule has 16 aromatic carbocycles. The molecule has 0 aliphatic heterocycles. The summed E-state index contributed by atoms with van der Waals surface area (Å²) in [7, 11) is -9.11. The monoisotopic (exact) mass is 1850 g/mol. The smallest absolute Gasteiger partial charge is 0.171 e. The van der Waals surface area contributed by atoms with E-state index in [9.17, 15) is 35.8 Å². The molecule has 0 atom stereocenters. The summed E-state index contributed by atoms with van der Waals surface area (Å²) in [6, 6.07) is 158. The number of halogens is 8. The van der Waals surface area contributed by atoms with Crippen LogP contribution < -0.4 is 63.7 Å². The van der Waals surface area contributed by atoms with Crippen LogP contribution in [0.4, 0.5) is 17.6 Å². The summed E-state index contributed by atoms with van der Waals surface area (Å²) in [5, 5.41) is 10.5. The van der Waals surface area contributed by atoms with Crippen LogP contribution in [0.15, 0.2) is 485 Å². The fourth-order valence-electron chi connectivity index (χ4n) is 11.6. The van der Waals surface area contributed by atoms with Crippen LogP contribution in [0, 0.1) is 27.7 Å². The summed E-state index contributed by atoms with van der Waals surface area (Å²) in [6.45, 7) is 8.33. The number of rotatable bonds is 12. The molecule has 0 radical (unpaired) electrons. The average Bonchev–Trinajstić information content (AvgIpc) is 0.790. The molecule has 4 nitrogen and oxygen atoms in total. The molecular formula is C110H124Cl4F4O4P4. The Labute approximate surface area is 773 Å². The Hall–Kier alpha value is -10.7. The van der Waals surface area contributed by atoms with Gasteiger partial charge in [-0.05, 0) is 27.7 Å².